The molecule has 1 aromatic carbocycles. The molecule has 1 aromatic rings. The van der Waals surface area contributed by atoms with E-state index in [4.69, 9.17) is 23.2 Å². The zero-order valence-corrected chi connectivity index (χ0v) is 15.6. The Morgan fingerprint density at radius 1 is 1.14 bits per heavy atom. The number of hydrogen-bond acceptors (Lipinski definition) is 3. The molecule has 118 valence electrons. The van der Waals surface area contributed by atoms with Gasteiger partial charge in [-0.1, -0.05) is 46.1 Å². The Hall–Kier alpha value is 0.150. The third-order valence-electron chi connectivity index (χ3n) is 3.56. The molecular formula is C13H17BrCl2N2O2S. The summed E-state index contributed by atoms with van der Waals surface area (Å²) < 4.78 is 27.8. The number of sulfonamides is 1. The van der Waals surface area contributed by atoms with Gasteiger partial charge >= 0.3 is 0 Å². The smallest absolute Gasteiger partial charge is 0.246 e. The molecule has 8 heteroatoms. The van der Waals surface area contributed by atoms with Crippen LogP contribution in [0.25, 0.3) is 0 Å². The largest absolute Gasteiger partial charge is 0.302 e. The van der Waals surface area contributed by atoms with Crippen LogP contribution in [0.2, 0.25) is 10.0 Å². The van der Waals surface area contributed by atoms with Gasteiger partial charge in [0.1, 0.15) is 4.90 Å². The van der Waals surface area contributed by atoms with E-state index < -0.39 is 10.0 Å². The first-order chi connectivity index (χ1) is 9.86. The lowest BCUT2D eigenvalue weighted by Crippen LogP contribution is -2.35. The van der Waals surface area contributed by atoms with E-state index in [1.54, 1.807) is 12.1 Å². The minimum absolute atomic E-state index is 0.000943. The van der Waals surface area contributed by atoms with Gasteiger partial charge in [0.25, 0.3) is 0 Å². The van der Waals surface area contributed by atoms with Crippen molar-refractivity contribution in [2.45, 2.75) is 18.2 Å². The molecule has 21 heavy (non-hydrogen) atoms. The van der Waals surface area contributed by atoms with Crippen LogP contribution < -0.4 is 0 Å². The second kappa shape index (κ2) is 7.15. The average Bonchev–Trinajstić information content (AvgIpc) is 2.62. The normalized spacial score (nSPS) is 18.7. The Labute approximate surface area is 144 Å². The van der Waals surface area contributed by atoms with Gasteiger partial charge in [0.05, 0.1) is 10.0 Å². The zero-order valence-electron chi connectivity index (χ0n) is 11.7. The van der Waals surface area contributed by atoms with Crippen LogP contribution in [0.1, 0.15) is 13.3 Å². The van der Waals surface area contributed by atoms with Crippen molar-refractivity contribution in [1.82, 2.24) is 9.21 Å². The van der Waals surface area contributed by atoms with Crippen LogP contribution in [0, 0.1) is 0 Å². The van der Waals surface area contributed by atoms with Gasteiger partial charge in [0.2, 0.25) is 10.0 Å². The molecule has 0 amide bonds. The lowest BCUT2D eigenvalue weighted by Gasteiger charge is -2.22. The van der Waals surface area contributed by atoms with Crippen molar-refractivity contribution in [3.63, 3.8) is 0 Å². The highest BCUT2D eigenvalue weighted by atomic mass is 79.9. The van der Waals surface area contributed by atoms with E-state index in [-0.39, 0.29) is 14.9 Å². The molecule has 1 heterocycles. The lowest BCUT2D eigenvalue weighted by atomic mass is 10.4. The molecule has 2 rings (SSSR count). The number of rotatable bonds is 3. The Bertz CT molecular complexity index is 602. The number of likely N-dealkylation sites (N-methyl/N-ethyl adjacent to an activating group) is 1. The molecule has 1 aliphatic rings. The quantitative estimate of drug-likeness (QED) is 0.758. The molecule has 1 aliphatic heterocycles. The molecule has 0 unspecified atom stereocenters. The number of halogens is 3. The van der Waals surface area contributed by atoms with Crippen molar-refractivity contribution < 1.29 is 8.42 Å². The highest BCUT2D eigenvalue weighted by Gasteiger charge is 2.30. The van der Waals surface area contributed by atoms with E-state index in [0.29, 0.717) is 17.6 Å². The molecule has 0 aliphatic carbocycles. The molecule has 1 fully saturated rings. The van der Waals surface area contributed by atoms with Crippen LogP contribution in [-0.2, 0) is 10.0 Å². The van der Waals surface area contributed by atoms with E-state index in [2.05, 4.69) is 27.8 Å². The van der Waals surface area contributed by atoms with Crippen molar-refractivity contribution in [2.24, 2.45) is 0 Å². The summed E-state index contributed by atoms with van der Waals surface area (Å²) in [6, 6.07) is 3.10. The minimum Gasteiger partial charge on any atom is -0.302 e. The van der Waals surface area contributed by atoms with Crippen molar-refractivity contribution in [3.05, 3.63) is 26.7 Å². The van der Waals surface area contributed by atoms with Crippen LogP contribution >= 0.6 is 39.1 Å². The van der Waals surface area contributed by atoms with Crippen molar-refractivity contribution in [2.75, 3.05) is 32.7 Å². The van der Waals surface area contributed by atoms with E-state index >= 15 is 0 Å². The fourth-order valence-corrected chi connectivity index (χ4v) is 5.76. The number of hydrogen-bond donors (Lipinski definition) is 0. The van der Waals surface area contributed by atoms with Crippen LogP contribution in [0.5, 0.6) is 0 Å². The molecule has 0 bridgehead atoms. The van der Waals surface area contributed by atoms with E-state index in [1.165, 1.54) is 4.31 Å². The molecule has 4 nitrogen and oxygen atoms in total. The molecule has 0 atom stereocenters. The monoisotopic (exact) mass is 414 g/mol. The fourth-order valence-electron chi connectivity index (χ4n) is 2.41. The third-order valence-corrected chi connectivity index (χ3v) is 6.83. The van der Waals surface area contributed by atoms with Crippen molar-refractivity contribution in [1.29, 1.82) is 0 Å². The van der Waals surface area contributed by atoms with Crippen molar-refractivity contribution >= 4 is 49.2 Å². The van der Waals surface area contributed by atoms with Gasteiger partial charge in [0.15, 0.2) is 0 Å². The molecular weight excluding hydrogens is 399 g/mol. The SMILES string of the molecule is CCN1CCCN(S(=O)(=O)c2c(Cl)cc(Br)cc2Cl)CC1. The minimum atomic E-state index is -3.67. The lowest BCUT2D eigenvalue weighted by molar-refractivity contribution is 0.302. The van der Waals surface area contributed by atoms with Gasteiger partial charge in [-0.05, 0) is 31.6 Å². The summed E-state index contributed by atoms with van der Waals surface area (Å²) in [5.74, 6) is 0. The van der Waals surface area contributed by atoms with E-state index in [9.17, 15) is 8.42 Å². The first-order valence-corrected chi connectivity index (χ1v) is 9.72. The Morgan fingerprint density at radius 3 is 2.33 bits per heavy atom. The maximum Gasteiger partial charge on any atom is 0.246 e. The first kappa shape index (κ1) is 17.5. The fraction of sp³-hybridized carbons (Fsp3) is 0.538. The van der Waals surface area contributed by atoms with Crippen LogP contribution in [-0.4, -0.2) is 50.3 Å². The first-order valence-electron chi connectivity index (χ1n) is 6.73. The highest BCUT2D eigenvalue weighted by Crippen LogP contribution is 2.34. The molecule has 0 N–H and O–H groups in total. The summed E-state index contributed by atoms with van der Waals surface area (Å²) in [6.07, 6.45) is 0.804. The van der Waals surface area contributed by atoms with Crippen molar-refractivity contribution in [3.8, 4) is 0 Å². The average molecular weight is 416 g/mol. The number of benzene rings is 1. The van der Waals surface area contributed by atoms with E-state index in [1.807, 2.05) is 0 Å². The summed E-state index contributed by atoms with van der Waals surface area (Å²) in [4.78, 5) is 2.24. The van der Waals surface area contributed by atoms with E-state index in [0.717, 1.165) is 26.1 Å². The summed E-state index contributed by atoms with van der Waals surface area (Å²) in [7, 11) is -3.67. The Kier molecular flexibility index (Phi) is 5.96. The Morgan fingerprint density at radius 2 is 1.76 bits per heavy atom. The predicted octanol–water partition coefficient (Wildman–Crippen LogP) is 3.47. The molecule has 0 spiro atoms. The topological polar surface area (TPSA) is 40.6 Å². The zero-order chi connectivity index (χ0) is 15.6. The van der Waals surface area contributed by atoms with Crippen LogP contribution in [0.3, 0.4) is 0 Å². The van der Waals surface area contributed by atoms with Gasteiger partial charge in [-0.2, -0.15) is 4.31 Å². The number of nitrogens with zero attached hydrogens (tertiary/aromatic N) is 2. The third kappa shape index (κ3) is 3.92. The standard InChI is InChI=1S/C13H17BrCl2N2O2S/c1-2-17-4-3-5-18(7-6-17)21(19,20)13-11(15)8-10(14)9-12(13)16/h8-9H,2-7H2,1H3. The maximum atomic E-state index is 12.8. The van der Waals surface area contributed by atoms with Crippen LogP contribution in [0.4, 0.5) is 0 Å². The second-order valence-electron chi connectivity index (χ2n) is 4.89. The second-order valence-corrected chi connectivity index (χ2v) is 8.50. The molecule has 0 radical (unpaired) electrons. The summed E-state index contributed by atoms with van der Waals surface area (Å²) in [6.45, 7) is 5.58. The van der Waals surface area contributed by atoms with Gasteiger partial charge in [0, 0.05) is 24.1 Å². The van der Waals surface area contributed by atoms with Gasteiger partial charge < -0.3 is 4.90 Å². The van der Waals surface area contributed by atoms with Gasteiger partial charge in [-0.3, -0.25) is 0 Å². The Balaban J connectivity index is 2.34. The van der Waals surface area contributed by atoms with Gasteiger partial charge in [-0.15, -0.1) is 0 Å². The predicted molar refractivity (Wildman–Crippen MR) is 89.7 cm³/mol. The summed E-state index contributed by atoms with van der Waals surface area (Å²) >= 11 is 15.5. The molecule has 0 aromatic heterocycles. The highest BCUT2D eigenvalue weighted by molar-refractivity contribution is 9.10. The summed E-state index contributed by atoms with van der Waals surface area (Å²) in [5.41, 5.74) is 0. The molecule has 0 saturated carbocycles. The molecule has 1 saturated heterocycles. The maximum absolute atomic E-state index is 12.8. The summed E-state index contributed by atoms with van der Waals surface area (Å²) in [5, 5.41) is 0.289. The van der Waals surface area contributed by atoms with Crippen LogP contribution in [0.15, 0.2) is 21.5 Å². The van der Waals surface area contributed by atoms with Gasteiger partial charge in [-0.25, -0.2) is 8.42 Å².